The average molecular weight is 488 g/mol. The zero-order chi connectivity index (χ0) is 23.6. The minimum absolute atomic E-state index is 0.0481. The number of thioether (sulfide) groups is 1. The van der Waals surface area contributed by atoms with Crippen molar-refractivity contribution in [2.75, 3.05) is 77.7 Å². The van der Waals surface area contributed by atoms with Crippen molar-refractivity contribution in [1.29, 1.82) is 0 Å². The Balaban J connectivity index is 1.34. The van der Waals surface area contributed by atoms with Gasteiger partial charge in [-0.05, 0) is 17.7 Å². The number of ether oxygens (including phenoxy) is 3. The Morgan fingerprint density at radius 3 is 2.62 bits per heavy atom. The number of carbonyl (C=O) groups is 1. The van der Waals surface area contributed by atoms with Crippen LogP contribution >= 0.6 is 11.8 Å². The van der Waals surface area contributed by atoms with E-state index in [0.717, 1.165) is 63.0 Å². The first-order valence-electron chi connectivity index (χ1n) is 11.7. The van der Waals surface area contributed by atoms with Gasteiger partial charge in [0.1, 0.15) is 5.82 Å². The van der Waals surface area contributed by atoms with Crippen molar-refractivity contribution in [2.24, 2.45) is 0 Å². The third kappa shape index (κ3) is 7.38. The normalized spacial score (nSPS) is 17.0. The molecule has 10 heteroatoms. The lowest BCUT2D eigenvalue weighted by Crippen LogP contribution is -2.41. The first kappa shape index (κ1) is 24.9. The highest BCUT2D eigenvalue weighted by molar-refractivity contribution is 7.98. The molecule has 2 aromatic rings. The first-order chi connectivity index (χ1) is 16.7. The van der Waals surface area contributed by atoms with Crippen molar-refractivity contribution in [3.63, 3.8) is 0 Å². The monoisotopic (exact) mass is 487 g/mol. The summed E-state index contributed by atoms with van der Waals surface area (Å²) in [4.78, 5) is 26.6. The molecule has 9 nitrogen and oxygen atoms in total. The van der Waals surface area contributed by atoms with Crippen LogP contribution in [0.5, 0.6) is 0 Å². The second-order valence-electron chi connectivity index (χ2n) is 8.23. The molecule has 2 fully saturated rings. The van der Waals surface area contributed by atoms with Gasteiger partial charge in [-0.3, -0.25) is 9.69 Å². The molecule has 2 saturated heterocycles. The van der Waals surface area contributed by atoms with Crippen LogP contribution in [0.2, 0.25) is 0 Å². The third-order valence-electron chi connectivity index (χ3n) is 5.75. The van der Waals surface area contributed by atoms with Crippen molar-refractivity contribution < 1.29 is 19.0 Å². The number of hydrogen-bond acceptors (Lipinski definition) is 9. The number of aromatic nitrogens is 2. The summed E-state index contributed by atoms with van der Waals surface area (Å²) >= 11 is 1.56. The van der Waals surface area contributed by atoms with Gasteiger partial charge in [-0.25, -0.2) is 9.97 Å². The van der Waals surface area contributed by atoms with Crippen LogP contribution in [0.4, 0.5) is 5.82 Å². The lowest BCUT2D eigenvalue weighted by Gasteiger charge is -2.28. The largest absolute Gasteiger partial charge is 0.379 e. The maximum absolute atomic E-state index is 12.6. The highest BCUT2D eigenvalue weighted by atomic mass is 32.2. The Morgan fingerprint density at radius 1 is 1.09 bits per heavy atom. The number of nitrogens with one attached hydrogen (secondary N) is 1. The van der Waals surface area contributed by atoms with E-state index in [-0.39, 0.29) is 5.91 Å². The predicted molar refractivity (Wildman–Crippen MR) is 131 cm³/mol. The minimum atomic E-state index is -0.0481. The van der Waals surface area contributed by atoms with Crippen LogP contribution in [0, 0.1) is 0 Å². The highest BCUT2D eigenvalue weighted by Gasteiger charge is 2.16. The maximum atomic E-state index is 12.6. The number of rotatable bonds is 10. The molecule has 0 saturated carbocycles. The molecule has 0 aliphatic carbocycles. The number of amides is 1. The molecule has 0 radical (unpaired) electrons. The topological polar surface area (TPSA) is 89.1 Å². The van der Waals surface area contributed by atoms with Crippen molar-refractivity contribution in [3.05, 3.63) is 47.2 Å². The van der Waals surface area contributed by atoms with Crippen molar-refractivity contribution in [2.45, 2.75) is 17.5 Å². The van der Waals surface area contributed by atoms with Crippen LogP contribution < -0.4 is 10.2 Å². The van der Waals surface area contributed by atoms with Gasteiger partial charge in [-0.2, -0.15) is 0 Å². The highest BCUT2D eigenvalue weighted by Crippen LogP contribution is 2.24. The number of carbonyl (C=O) groups excluding carboxylic acids is 1. The van der Waals surface area contributed by atoms with Gasteiger partial charge in [-0.1, -0.05) is 23.9 Å². The van der Waals surface area contributed by atoms with Crippen molar-refractivity contribution in [3.8, 4) is 0 Å². The number of anilines is 1. The maximum Gasteiger partial charge on any atom is 0.251 e. The molecule has 0 spiro atoms. The van der Waals surface area contributed by atoms with Gasteiger partial charge < -0.3 is 24.4 Å². The second-order valence-corrected chi connectivity index (χ2v) is 9.17. The molecule has 0 bridgehead atoms. The van der Waals surface area contributed by atoms with Gasteiger partial charge in [-0.15, -0.1) is 0 Å². The first-order valence-corrected chi connectivity index (χ1v) is 12.7. The smallest absolute Gasteiger partial charge is 0.251 e. The summed E-state index contributed by atoms with van der Waals surface area (Å²) in [7, 11) is 1.67. The van der Waals surface area contributed by atoms with Gasteiger partial charge in [0.25, 0.3) is 5.91 Å². The van der Waals surface area contributed by atoms with Crippen LogP contribution in [-0.4, -0.2) is 93.6 Å². The van der Waals surface area contributed by atoms with E-state index in [1.165, 1.54) is 0 Å². The molecule has 2 aliphatic heterocycles. The molecular weight excluding hydrogens is 454 g/mol. The number of methoxy groups -OCH3 is 1. The van der Waals surface area contributed by atoms with E-state index >= 15 is 0 Å². The summed E-state index contributed by atoms with van der Waals surface area (Å²) in [5.74, 6) is 1.53. The summed E-state index contributed by atoms with van der Waals surface area (Å²) in [5.41, 5.74) is 2.58. The Morgan fingerprint density at radius 2 is 1.85 bits per heavy atom. The Kier molecular flexibility index (Phi) is 9.52. The van der Waals surface area contributed by atoms with E-state index in [1.54, 1.807) is 18.9 Å². The molecule has 0 unspecified atom stereocenters. The fourth-order valence-corrected chi connectivity index (χ4v) is 4.72. The Hall–Kier alpha value is -2.24. The number of morpholine rings is 2. The predicted octanol–water partition coefficient (Wildman–Crippen LogP) is 1.81. The molecule has 184 valence electrons. The third-order valence-corrected chi connectivity index (χ3v) is 6.67. The standard InChI is InChI=1S/C24H33N5O4S/c1-31-17-21-16-22(29-9-13-33-14-10-29)27-24(26-21)34-18-19-3-2-4-20(15-19)23(30)25-5-6-28-7-11-32-12-8-28/h2-4,15-16H,5-14,17-18H2,1H3,(H,25,30). The molecule has 4 rings (SSSR count). The van der Waals surface area contributed by atoms with E-state index in [2.05, 4.69) is 20.1 Å². The van der Waals surface area contributed by atoms with Crippen molar-refractivity contribution in [1.82, 2.24) is 20.2 Å². The van der Waals surface area contributed by atoms with E-state index in [4.69, 9.17) is 19.2 Å². The van der Waals surface area contributed by atoms with E-state index in [0.29, 0.717) is 42.8 Å². The lowest BCUT2D eigenvalue weighted by molar-refractivity contribution is 0.0383. The summed E-state index contributed by atoms with van der Waals surface area (Å²) in [6.07, 6.45) is 0. The fourth-order valence-electron chi connectivity index (χ4n) is 3.90. The van der Waals surface area contributed by atoms with Crippen LogP contribution in [-0.2, 0) is 26.6 Å². The molecule has 1 amide bonds. The van der Waals surface area contributed by atoms with Gasteiger partial charge >= 0.3 is 0 Å². The second kappa shape index (κ2) is 13.0. The zero-order valence-electron chi connectivity index (χ0n) is 19.7. The van der Waals surface area contributed by atoms with E-state index in [9.17, 15) is 4.79 Å². The Labute approximate surface area is 205 Å². The van der Waals surface area contributed by atoms with Crippen LogP contribution in [0.1, 0.15) is 21.6 Å². The summed E-state index contributed by atoms with van der Waals surface area (Å²) in [5, 5.41) is 3.74. The Bertz CT molecular complexity index is 935. The molecule has 0 atom stereocenters. The van der Waals surface area contributed by atoms with Crippen molar-refractivity contribution >= 4 is 23.5 Å². The quantitative estimate of drug-likeness (QED) is 0.398. The molecule has 3 heterocycles. The summed E-state index contributed by atoms with van der Waals surface area (Å²) in [6, 6.07) is 9.73. The SMILES string of the molecule is COCc1cc(N2CCOCC2)nc(SCc2cccc(C(=O)NCCN3CCOCC3)c2)n1. The molecule has 1 aromatic carbocycles. The lowest BCUT2D eigenvalue weighted by atomic mass is 10.1. The molecule has 2 aliphatic rings. The zero-order valence-corrected chi connectivity index (χ0v) is 20.5. The van der Waals surface area contributed by atoms with Crippen LogP contribution in [0.3, 0.4) is 0 Å². The molecule has 1 aromatic heterocycles. The molecule has 1 N–H and O–H groups in total. The minimum Gasteiger partial charge on any atom is -0.379 e. The van der Waals surface area contributed by atoms with E-state index < -0.39 is 0 Å². The molecule has 34 heavy (non-hydrogen) atoms. The summed E-state index contributed by atoms with van der Waals surface area (Å²) < 4.78 is 16.1. The number of nitrogens with zero attached hydrogens (tertiary/aromatic N) is 4. The van der Waals surface area contributed by atoms with Gasteiger partial charge in [0.05, 0.1) is 38.7 Å². The fraction of sp³-hybridized carbons (Fsp3) is 0.542. The molecular formula is C24H33N5O4S. The number of benzene rings is 1. The van der Waals surface area contributed by atoms with Crippen LogP contribution in [0.15, 0.2) is 35.5 Å². The number of hydrogen-bond donors (Lipinski definition) is 1. The average Bonchev–Trinajstić information content (AvgIpc) is 2.89. The van der Waals surface area contributed by atoms with Gasteiger partial charge in [0.2, 0.25) is 0 Å². The summed E-state index contributed by atoms with van der Waals surface area (Å²) in [6.45, 7) is 8.31. The van der Waals surface area contributed by atoms with E-state index in [1.807, 2.05) is 30.3 Å². The van der Waals surface area contributed by atoms with Crippen LogP contribution in [0.25, 0.3) is 0 Å². The van der Waals surface area contributed by atoms with Gasteiger partial charge in [0, 0.05) is 63.8 Å². The van der Waals surface area contributed by atoms with Gasteiger partial charge in [0.15, 0.2) is 5.16 Å².